The van der Waals surface area contributed by atoms with E-state index in [0.29, 0.717) is 5.56 Å². The quantitative estimate of drug-likeness (QED) is 0.835. The highest BCUT2D eigenvalue weighted by Gasteiger charge is 2.46. The highest BCUT2D eigenvalue weighted by molar-refractivity contribution is 5.89. The Bertz CT molecular complexity index is 462. The maximum absolute atomic E-state index is 12.1. The van der Waals surface area contributed by atoms with Gasteiger partial charge in [-0.15, -0.1) is 0 Å². The van der Waals surface area contributed by atoms with Gasteiger partial charge in [0.2, 0.25) is 0 Å². The predicted octanol–water partition coefficient (Wildman–Crippen LogP) is 0.979. The van der Waals surface area contributed by atoms with Crippen LogP contribution in [0.4, 0.5) is 0 Å². The van der Waals surface area contributed by atoms with Crippen molar-refractivity contribution < 1.29 is 28.8 Å². The summed E-state index contributed by atoms with van der Waals surface area (Å²) in [6.45, 7) is 1.76. The van der Waals surface area contributed by atoms with Gasteiger partial charge in [-0.1, -0.05) is 18.2 Å². The predicted molar refractivity (Wildman–Crippen MR) is 73.8 cm³/mol. The molecule has 0 unspecified atom stereocenters. The largest absolute Gasteiger partial charge is 0.450 e. The van der Waals surface area contributed by atoms with E-state index in [1.165, 1.54) is 14.2 Å². The number of benzene rings is 1. The van der Waals surface area contributed by atoms with Gasteiger partial charge in [0.25, 0.3) is 0 Å². The molecule has 0 radical (unpaired) electrons. The Morgan fingerprint density at radius 1 is 1.10 bits per heavy atom. The van der Waals surface area contributed by atoms with E-state index in [1.54, 1.807) is 37.3 Å². The van der Waals surface area contributed by atoms with Gasteiger partial charge in [-0.2, -0.15) is 0 Å². The van der Waals surface area contributed by atoms with Gasteiger partial charge in [-0.05, 0) is 19.1 Å². The number of ether oxygens (including phenoxy) is 4. The Morgan fingerprint density at radius 3 is 2.29 bits per heavy atom. The van der Waals surface area contributed by atoms with Gasteiger partial charge >= 0.3 is 5.97 Å². The summed E-state index contributed by atoms with van der Waals surface area (Å²) in [6, 6.07) is 8.54. The van der Waals surface area contributed by atoms with Crippen LogP contribution in [0.3, 0.4) is 0 Å². The molecule has 1 heterocycles. The fraction of sp³-hybridized carbons (Fsp3) is 0.533. The van der Waals surface area contributed by atoms with Crippen molar-refractivity contribution in [1.29, 1.82) is 0 Å². The molecule has 1 fully saturated rings. The molecule has 1 N–H and O–H groups in total. The molecule has 1 aromatic carbocycles. The maximum atomic E-state index is 12.1. The van der Waals surface area contributed by atoms with Gasteiger partial charge in [0, 0.05) is 14.2 Å². The van der Waals surface area contributed by atoms with E-state index in [1.807, 2.05) is 0 Å². The van der Waals surface area contributed by atoms with E-state index in [4.69, 9.17) is 18.9 Å². The lowest BCUT2D eigenvalue weighted by molar-refractivity contribution is -0.285. The van der Waals surface area contributed by atoms with Crippen molar-refractivity contribution in [2.75, 3.05) is 14.2 Å². The third-order valence-corrected chi connectivity index (χ3v) is 3.54. The van der Waals surface area contributed by atoms with Crippen molar-refractivity contribution >= 4 is 5.97 Å². The molecule has 0 bridgehead atoms. The van der Waals surface area contributed by atoms with E-state index in [9.17, 15) is 9.90 Å². The third kappa shape index (κ3) is 3.41. The first-order valence-electron chi connectivity index (χ1n) is 6.73. The van der Waals surface area contributed by atoms with Crippen LogP contribution in [0.15, 0.2) is 30.3 Å². The Morgan fingerprint density at radius 2 is 1.71 bits per heavy atom. The SMILES string of the molecule is CO[C@@H]1[C@@H](OC)[C@H](C)O[C@@H](O)[C@@H]1OC(=O)c1ccccc1. The molecule has 6 nitrogen and oxygen atoms in total. The average Bonchev–Trinajstić information content (AvgIpc) is 2.50. The number of rotatable bonds is 4. The Balaban J connectivity index is 2.14. The summed E-state index contributed by atoms with van der Waals surface area (Å²) in [5.41, 5.74) is 0.396. The van der Waals surface area contributed by atoms with Crippen LogP contribution >= 0.6 is 0 Å². The standard InChI is InChI=1S/C15H20O6/c1-9-11(18-2)12(19-3)13(15(17)20-9)21-14(16)10-7-5-4-6-8-10/h4-9,11-13,15,17H,1-3H3/t9-,11-,12+,13+,15+/m0/s1. The molecular formula is C15H20O6. The van der Waals surface area contributed by atoms with E-state index in [2.05, 4.69) is 0 Å². The topological polar surface area (TPSA) is 74.2 Å². The lowest BCUT2D eigenvalue weighted by Gasteiger charge is -2.41. The van der Waals surface area contributed by atoms with Crippen LogP contribution in [0.5, 0.6) is 0 Å². The molecular weight excluding hydrogens is 276 g/mol. The zero-order chi connectivity index (χ0) is 15.4. The second-order valence-corrected chi connectivity index (χ2v) is 4.87. The molecule has 1 saturated heterocycles. The minimum absolute atomic E-state index is 0.373. The van der Waals surface area contributed by atoms with Crippen LogP contribution in [0.25, 0.3) is 0 Å². The molecule has 1 aliphatic rings. The van der Waals surface area contributed by atoms with E-state index in [0.717, 1.165) is 0 Å². The van der Waals surface area contributed by atoms with Crippen LogP contribution in [0, 0.1) is 0 Å². The molecule has 21 heavy (non-hydrogen) atoms. The molecule has 0 saturated carbocycles. The van der Waals surface area contributed by atoms with Crippen LogP contribution in [0.2, 0.25) is 0 Å². The van der Waals surface area contributed by atoms with Gasteiger partial charge in [0.1, 0.15) is 12.2 Å². The fourth-order valence-corrected chi connectivity index (χ4v) is 2.48. The van der Waals surface area contributed by atoms with E-state index < -0.39 is 30.6 Å². The summed E-state index contributed by atoms with van der Waals surface area (Å²) >= 11 is 0. The van der Waals surface area contributed by atoms with Crippen molar-refractivity contribution in [2.24, 2.45) is 0 Å². The van der Waals surface area contributed by atoms with Crippen LogP contribution in [-0.4, -0.2) is 56.0 Å². The van der Waals surface area contributed by atoms with Crippen LogP contribution in [-0.2, 0) is 18.9 Å². The molecule has 0 aromatic heterocycles. The molecule has 0 amide bonds. The van der Waals surface area contributed by atoms with Crippen molar-refractivity contribution in [2.45, 2.75) is 37.6 Å². The maximum Gasteiger partial charge on any atom is 0.338 e. The molecule has 0 spiro atoms. The number of aliphatic hydroxyl groups excluding tert-OH is 1. The first-order valence-corrected chi connectivity index (χ1v) is 6.73. The highest BCUT2D eigenvalue weighted by Crippen LogP contribution is 2.26. The minimum Gasteiger partial charge on any atom is -0.450 e. The number of carbonyl (C=O) groups excluding carboxylic acids is 1. The second-order valence-electron chi connectivity index (χ2n) is 4.87. The molecule has 1 aliphatic heterocycles. The molecule has 6 heteroatoms. The zero-order valence-corrected chi connectivity index (χ0v) is 12.3. The number of esters is 1. The van der Waals surface area contributed by atoms with Crippen molar-refractivity contribution in [3.05, 3.63) is 35.9 Å². The summed E-state index contributed by atoms with van der Waals surface area (Å²) in [7, 11) is 3.00. The lowest BCUT2D eigenvalue weighted by Crippen LogP contribution is -2.59. The summed E-state index contributed by atoms with van der Waals surface area (Å²) in [4.78, 5) is 12.1. The molecule has 5 atom stereocenters. The Labute approximate surface area is 123 Å². The van der Waals surface area contributed by atoms with E-state index in [-0.39, 0.29) is 6.10 Å². The molecule has 116 valence electrons. The van der Waals surface area contributed by atoms with Gasteiger partial charge in [0.05, 0.1) is 11.7 Å². The van der Waals surface area contributed by atoms with Crippen molar-refractivity contribution in [1.82, 2.24) is 0 Å². The molecule has 2 rings (SSSR count). The molecule has 1 aromatic rings. The van der Waals surface area contributed by atoms with Gasteiger partial charge in [-0.25, -0.2) is 4.79 Å². The van der Waals surface area contributed by atoms with Gasteiger partial charge in [0.15, 0.2) is 12.4 Å². The Kier molecular flexibility index (Phi) is 5.30. The number of methoxy groups -OCH3 is 2. The third-order valence-electron chi connectivity index (χ3n) is 3.54. The monoisotopic (exact) mass is 296 g/mol. The van der Waals surface area contributed by atoms with Crippen LogP contribution in [0.1, 0.15) is 17.3 Å². The lowest BCUT2D eigenvalue weighted by atomic mass is 9.99. The summed E-state index contributed by atoms with van der Waals surface area (Å²) in [5.74, 6) is -0.547. The summed E-state index contributed by atoms with van der Waals surface area (Å²) in [5, 5.41) is 10.0. The second kappa shape index (κ2) is 7.00. The van der Waals surface area contributed by atoms with Gasteiger partial charge < -0.3 is 24.1 Å². The van der Waals surface area contributed by atoms with E-state index >= 15 is 0 Å². The normalized spacial score (nSPS) is 32.7. The number of hydrogen-bond donors (Lipinski definition) is 1. The van der Waals surface area contributed by atoms with Gasteiger partial charge in [-0.3, -0.25) is 0 Å². The molecule has 0 aliphatic carbocycles. The minimum atomic E-state index is -1.26. The Hall–Kier alpha value is -1.47. The van der Waals surface area contributed by atoms with Crippen molar-refractivity contribution in [3.63, 3.8) is 0 Å². The fourth-order valence-electron chi connectivity index (χ4n) is 2.48. The first kappa shape index (κ1) is 15.9. The summed E-state index contributed by atoms with van der Waals surface area (Å²) in [6.07, 6.45) is -3.64. The number of hydrogen-bond acceptors (Lipinski definition) is 6. The number of carbonyl (C=O) groups is 1. The number of aliphatic hydroxyl groups is 1. The van der Waals surface area contributed by atoms with Crippen molar-refractivity contribution in [3.8, 4) is 0 Å². The zero-order valence-electron chi connectivity index (χ0n) is 12.3. The highest BCUT2D eigenvalue weighted by atomic mass is 16.7. The van der Waals surface area contributed by atoms with Crippen LogP contribution < -0.4 is 0 Å². The smallest absolute Gasteiger partial charge is 0.338 e. The average molecular weight is 296 g/mol. The first-order chi connectivity index (χ1) is 10.1. The summed E-state index contributed by atoms with van der Waals surface area (Å²) < 4.78 is 21.4.